The summed E-state index contributed by atoms with van der Waals surface area (Å²) in [5, 5.41) is 11.8. The maximum atomic E-state index is 13.2. The molecule has 0 atom stereocenters. The molecular weight excluding hydrogens is 400 g/mol. The van der Waals surface area contributed by atoms with E-state index in [1.807, 2.05) is 36.4 Å². The van der Waals surface area contributed by atoms with E-state index < -0.39 is 0 Å². The molecular formula is C26H28N4O2. The average molecular weight is 429 g/mol. The summed E-state index contributed by atoms with van der Waals surface area (Å²) in [6.45, 7) is 2.65. The van der Waals surface area contributed by atoms with E-state index in [1.54, 1.807) is 29.3 Å². The number of carbonyl (C=O) groups excluding carboxylic acids is 1. The molecule has 6 nitrogen and oxygen atoms in total. The molecule has 1 aromatic heterocycles. The van der Waals surface area contributed by atoms with Crippen molar-refractivity contribution in [3.8, 4) is 0 Å². The number of furan rings is 1. The number of para-hydroxylation sites is 1. The number of amidine groups is 1. The summed E-state index contributed by atoms with van der Waals surface area (Å²) in [6.07, 6.45) is 6.43. The van der Waals surface area contributed by atoms with Crippen molar-refractivity contribution in [2.75, 3.05) is 18.4 Å². The van der Waals surface area contributed by atoms with Gasteiger partial charge in [0.1, 0.15) is 5.84 Å². The molecule has 0 radical (unpaired) electrons. The number of carbonyl (C=O) groups is 1. The minimum absolute atomic E-state index is 0.0477. The smallest absolute Gasteiger partial charge is 0.295 e. The molecule has 4 rings (SSSR count). The molecule has 1 aliphatic heterocycles. The van der Waals surface area contributed by atoms with Crippen LogP contribution in [-0.4, -0.2) is 40.7 Å². The second-order valence-electron chi connectivity index (χ2n) is 7.87. The molecule has 1 saturated heterocycles. The standard InChI is InChI=1S/C26H28N4O2/c27-25(13-16-28-22-10-5-2-6-11-22)30(26(31)24-12-7-19-32-24)23-14-17-29(18-15-23)20-21-8-3-1-4-9-21/h1-13,16,19,23,27-28H,14-15,17-18,20H2/b16-13-,27-25?. The van der Waals surface area contributed by atoms with Gasteiger partial charge in [0, 0.05) is 37.6 Å². The molecule has 2 aromatic carbocycles. The predicted molar refractivity (Wildman–Crippen MR) is 127 cm³/mol. The van der Waals surface area contributed by atoms with E-state index in [9.17, 15) is 4.79 Å². The number of amides is 1. The molecule has 0 aliphatic carbocycles. The summed E-state index contributed by atoms with van der Waals surface area (Å²) in [5.41, 5.74) is 2.21. The molecule has 1 fully saturated rings. The summed E-state index contributed by atoms with van der Waals surface area (Å²) >= 11 is 0. The van der Waals surface area contributed by atoms with Crippen molar-refractivity contribution in [3.63, 3.8) is 0 Å². The predicted octanol–water partition coefficient (Wildman–Crippen LogP) is 4.99. The normalized spacial score (nSPS) is 15.0. The molecule has 164 valence electrons. The van der Waals surface area contributed by atoms with E-state index in [1.165, 1.54) is 11.8 Å². The van der Waals surface area contributed by atoms with Crippen LogP contribution in [-0.2, 0) is 6.54 Å². The van der Waals surface area contributed by atoms with Gasteiger partial charge < -0.3 is 9.73 Å². The van der Waals surface area contributed by atoms with Gasteiger partial charge in [0.15, 0.2) is 5.76 Å². The molecule has 2 N–H and O–H groups in total. The van der Waals surface area contributed by atoms with Gasteiger partial charge in [-0.1, -0.05) is 48.5 Å². The number of rotatable bonds is 7. The average Bonchev–Trinajstić information content (AvgIpc) is 3.37. The van der Waals surface area contributed by atoms with Crippen molar-refractivity contribution < 1.29 is 9.21 Å². The second-order valence-corrected chi connectivity index (χ2v) is 7.87. The molecule has 0 saturated carbocycles. The fourth-order valence-corrected chi connectivity index (χ4v) is 4.00. The third kappa shape index (κ3) is 5.53. The van der Waals surface area contributed by atoms with Crippen molar-refractivity contribution >= 4 is 17.4 Å². The van der Waals surface area contributed by atoms with Gasteiger partial charge in [-0.05, 0) is 48.7 Å². The van der Waals surface area contributed by atoms with E-state index in [-0.39, 0.29) is 23.5 Å². The molecule has 1 amide bonds. The summed E-state index contributed by atoms with van der Waals surface area (Å²) < 4.78 is 5.35. The Kier molecular flexibility index (Phi) is 7.15. The number of hydrogen-bond acceptors (Lipinski definition) is 5. The molecule has 0 spiro atoms. The maximum absolute atomic E-state index is 13.2. The minimum Gasteiger partial charge on any atom is -0.459 e. The Bertz CT molecular complexity index is 1020. The Labute approximate surface area is 188 Å². The van der Waals surface area contributed by atoms with E-state index >= 15 is 0 Å². The van der Waals surface area contributed by atoms with Crippen molar-refractivity contribution in [2.45, 2.75) is 25.4 Å². The molecule has 6 heteroatoms. The van der Waals surface area contributed by atoms with Crippen LogP contribution in [0.1, 0.15) is 29.0 Å². The SMILES string of the molecule is N=C(/C=C\Nc1ccccc1)N(C(=O)c1ccco1)C1CCN(Cc2ccccc2)CC1. The zero-order valence-electron chi connectivity index (χ0n) is 18.0. The van der Waals surface area contributed by atoms with Gasteiger partial charge in [0.05, 0.1) is 6.26 Å². The van der Waals surface area contributed by atoms with Gasteiger partial charge in [-0.25, -0.2) is 0 Å². The first kappa shape index (κ1) is 21.6. The van der Waals surface area contributed by atoms with Gasteiger partial charge in [-0.15, -0.1) is 0 Å². The van der Waals surface area contributed by atoms with Crippen LogP contribution in [0.5, 0.6) is 0 Å². The largest absolute Gasteiger partial charge is 0.459 e. The Morgan fingerprint density at radius 2 is 1.72 bits per heavy atom. The number of hydrogen-bond donors (Lipinski definition) is 2. The highest BCUT2D eigenvalue weighted by molar-refractivity contribution is 6.08. The van der Waals surface area contributed by atoms with Crippen LogP contribution < -0.4 is 5.32 Å². The van der Waals surface area contributed by atoms with Gasteiger partial charge in [0.2, 0.25) is 0 Å². The van der Waals surface area contributed by atoms with E-state index in [4.69, 9.17) is 9.83 Å². The summed E-state index contributed by atoms with van der Waals surface area (Å²) in [5.74, 6) is 0.132. The van der Waals surface area contributed by atoms with Gasteiger partial charge in [0.25, 0.3) is 5.91 Å². The van der Waals surface area contributed by atoms with Crippen LogP contribution in [0.15, 0.2) is 95.8 Å². The molecule has 2 heterocycles. The molecule has 1 aliphatic rings. The Morgan fingerprint density at radius 3 is 2.38 bits per heavy atom. The lowest BCUT2D eigenvalue weighted by Crippen LogP contribution is -2.49. The van der Waals surface area contributed by atoms with Crippen molar-refractivity contribution in [1.29, 1.82) is 5.41 Å². The lowest BCUT2D eigenvalue weighted by Gasteiger charge is -2.37. The van der Waals surface area contributed by atoms with Gasteiger partial charge in [-0.3, -0.25) is 20.0 Å². The third-order valence-electron chi connectivity index (χ3n) is 5.65. The van der Waals surface area contributed by atoms with Crippen molar-refractivity contribution in [3.05, 3.63) is 103 Å². The van der Waals surface area contributed by atoms with E-state index in [0.717, 1.165) is 38.2 Å². The Morgan fingerprint density at radius 1 is 1.03 bits per heavy atom. The summed E-state index contributed by atoms with van der Waals surface area (Å²) in [6, 6.07) is 23.4. The lowest BCUT2D eigenvalue weighted by atomic mass is 10.0. The van der Waals surface area contributed by atoms with Crippen LogP contribution in [0.25, 0.3) is 0 Å². The molecule has 32 heavy (non-hydrogen) atoms. The van der Waals surface area contributed by atoms with Crippen LogP contribution in [0, 0.1) is 5.41 Å². The highest BCUT2D eigenvalue weighted by Crippen LogP contribution is 2.21. The summed E-state index contributed by atoms with van der Waals surface area (Å²) in [7, 11) is 0. The first-order valence-electron chi connectivity index (χ1n) is 10.9. The van der Waals surface area contributed by atoms with Crippen LogP contribution in [0.4, 0.5) is 5.69 Å². The highest BCUT2D eigenvalue weighted by Gasteiger charge is 2.31. The second kappa shape index (κ2) is 10.6. The fraction of sp³-hybridized carbons (Fsp3) is 0.231. The van der Waals surface area contributed by atoms with Crippen LogP contribution in [0.2, 0.25) is 0 Å². The lowest BCUT2D eigenvalue weighted by molar-refractivity contribution is 0.0700. The fourth-order valence-electron chi connectivity index (χ4n) is 4.00. The van der Waals surface area contributed by atoms with Crippen LogP contribution >= 0.6 is 0 Å². The Hall–Kier alpha value is -3.64. The Balaban J connectivity index is 1.42. The molecule has 0 bridgehead atoms. The van der Waals surface area contributed by atoms with Crippen LogP contribution in [0.3, 0.4) is 0 Å². The maximum Gasteiger partial charge on any atom is 0.295 e. The van der Waals surface area contributed by atoms with Crippen molar-refractivity contribution in [2.24, 2.45) is 0 Å². The summed E-state index contributed by atoms with van der Waals surface area (Å²) in [4.78, 5) is 17.1. The monoisotopic (exact) mass is 428 g/mol. The number of anilines is 1. The zero-order valence-corrected chi connectivity index (χ0v) is 18.0. The number of nitrogens with zero attached hydrogens (tertiary/aromatic N) is 2. The van der Waals surface area contributed by atoms with E-state index in [0.29, 0.717) is 0 Å². The first-order valence-corrected chi connectivity index (χ1v) is 10.9. The number of nitrogens with one attached hydrogen (secondary N) is 2. The zero-order chi connectivity index (χ0) is 22.2. The van der Waals surface area contributed by atoms with Gasteiger partial charge in [-0.2, -0.15) is 0 Å². The molecule has 3 aromatic rings. The number of benzene rings is 2. The first-order chi connectivity index (χ1) is 15.7. The number of piperidine rings is 1. The third-order valence-corrected chi connectivity index (χ3v) is 5.65. The topological polar surface area (TPSA) is 72.6 Å². The number of likely N-dealkylation sites (tertiary alicyclic amines) is 1. The van der Waals surface area contributed by atoms with E-state index in [2.05, 4.69) is 34.5 Å². The molecule has 0 unspecified atom stereocenters. The van der Waals surface area contributed by atoms with Gasteiger partial charge >= 0.3 is 0 Å². The highest BCUT2D eigenvalue weighted by atomic mass is 16.3. The quantitative estimate of drug-likeness (QED) is 0.411. The van der Waals surface area contributed by atoms with Crippen molar-refractivity contribution in [1.82, 2.24) is 9.80 Å². The minimum atomic E-state index is -0.272.